The predicted molar refractivity (Wildman–Crippen MR) is 103 cm³/mol. The number of nitrogens with one attached hydrogen (secondary N) is 1. The van der Waals surface area contributed by atoms with Crippen LogP contribution in [-0.4, -0.2) is 21.0 Å². The quantitative estimate of drug-likeness (QED) is 0.583. The molecule has 5 heteroatoms. The number of hydrogen-bond donors (Lipinski definition) is 2. The van der Waals surface area contributed by atoms with Crippen molar-refractivity contribution < 1.29 is 9.90 Å². The highest BCUT2D eigenvalue weighted by atomic mass is 16.3. The molecule has 0 aliphatic heterocycles. The van der Waals surface area contributed by atoms with Gasteiger partial charge in [0.2, 0.25) is 0 Å². The molecule has 0 radical (unpaired) electrons. The van der Waals surface area contributed by atoms with Crippen LogP contribution in [0.2, 0.25) is 0 Å². The molecule has 4 rings (SSSR count). The summed E-state index contributed by atoms with van der Waals surface area (Å²) >= 11 is 0. The molecule has 3 aromatic carbocycles. The minimum Gasteiger partial charge on any atom is -0.508 e. The number of aromatic hydroxyl groups is 1. The van der Waals surface area contributed by atoms with Crippen molar-refractivity contribution in [3.8, 4) is 5.75 Å². The number of nitrogens with zero attached hydrogens (tertiary/aromatic N) is 2. The summed E-state index contributed by atoms with van der Waals surface area (Å²) in [6.45, 7) is 0. The van der Waals surface area contributed by atoms with Gasteiger partial charge in [0.1, 0.15) is 11.4 Å². The van der Waals surface area contributed by atoms with Gasteiger partial charge in [-0.1, -0.05) is 60.7 Å². The van der Waals surface area contributed by atoms with Gasteiger partial charge in [-0.25, -0.2) is 4.98 Å². The molecule has 2 N–H and O–H groups in total. The second kappa shape index (κ2) is 7.25. The summed E-state index contributed by atoms with van der Waals surface area (Å²) in [5.74, 6) is -0.230. The highest BCUT2D eigenvalue weighted by molar-refractivity contribution is 5.94. The molecule has 132 valence electrons. The summed E-state index contributed by atoms with van der Waals surface area (Å²) in [6, 6.07) is 20.3. The van der Waals surface area contributed by atoms with Crippen LogP contribution in [0.25, 0.3) is 10.8 Å². The Bertz CT molecular complexity index is 1080. The number of benzene rings is 3. The number of fused-ring (bicyclic) bond motifs is 1. The van der Waals surface area contributed by atoms with Crippen molar-refractivity contribution >= 4 is 16.7 Å². The summed E-state index contributed by atoms with van der Waals surface area (Å²) in [5, 5.41) is 15.5. The van der Waals surface area contributed by atoms with Crippen LogP contribution in [0.3, 0.4) is 0 Å². The fraction of sp³-hybridized carbons (Fsp3) is 0.0455. The van der Waals surface area contributed by atoms with Gasteiger partial charge in [-0.3, -0.25) is 9.78 Å². The Labute approximate surface area is 156 Å². The minimum absolute atomic E-state index is 0.127. The van der Waals surface area contributed by atoms with Crippen molar-refractivity contribution in [2.24, 2.45) is 0 Å². The molecule has 0 saturated heterocycles. The number of aromatic nitrogens is 2. The van der Waals surface area contributed by atoms with Crippen molar-refractivity contribution in [3.05, 3.63) is 102 Å². The van der Waals surface area contributed by atoms with Crippen LogP contribution in [0.15, 0.2) is 85.3 Å². The van der Waals surface area contributed by atoms with E-state index in [1.54, 1.807) is 6.07 Å². The first-order valence-electron chi connectivity index (χ1n) is 8.56. The minimum atomic E-state index is -0.535. The first-order valence-corrected chi connectivity index (χ1v) is 8.56. The van der Waals surface area contributed by atoms with Crippen molar-refractivity contribution in [2.75, 3.05) is 0 Å². The van der Waals surface area contributed by atoms with Gasteiger partial charge in [0, 0.05) is 18.0 Å². The monoisotopic (exact) mass is 355 g/mol. The van der Waals surface area contributed by atoms with Crippen LogP contribution in [0, 0.1) is 0 Å². The summed E-state index contributed by atoms with van der Waals surface area (Å²) in [5.41, 5.74) is 1.73. The van der Waals surface area contributed by atoms with Gasteiger partial charge in [-0.15, -0.1) is 0 Å². The fourth-order valence-corrected chi connectivity index (χ4v) is 3.18. The van der Waals surface area contributed by atoms with E-state index in [0.717, 1.165) is 16.3 Å². The second-order valence-corrected chi connectivity index (χ2v) is 6.13. The van der Waals surface area contributed by atoms with Gasteiger partial charge in [-0.05, 0) is 22.4 Å². The van der Waals surface area contributed by atoms with Crippen LogP contribution in [0.1, 0.15) is 27.7 Å². The molecule has 0 spiro atoms. The summed E-state index contributed by atoms with van der Waals surface area (Å²) < 4.78 is 0. The van der Waals surface area contributed by atoms with E-state index in [1.807, 2.05) is 60.7 Å². The molecule has 27 heavy (non-hydrogen) atoms. The third-order valence-electron chi connectivity index (χ3n) is 4.44. The molecule has 4 aromatic rings. The number of phenols is 1. The molecule has 0 saturated carbocycles. The maximum absolute atomic E-state index is 12.8. The van der Waals surface area contributed by atoms with E-state index in [1.165, 1.54) is 18.6 Å². The van der Waals surface area contributed by atoms with Gasteiger partial charge in [0.25, 0.3) is 5.91 Å². The highest BCUT2D eigenvalue weighted by Crippen LogP contribution is 2.35. The normalized spacial score (nSPS) is 11.9. The van der Waals surface area contributed by atoms with E-state index in [9.17, 15) is 9.90 Å². The number of carbonyl (C=O) groups excluding carboxylic acids is 1. The van der Waals surface area contributed by atoms with E-state index < -0.39 is 6.04 Å². The molecule has 0 fully saturated rings. The Morgan fingerprint density at radius 2 is 1.70 bits per heavy atom. The molecular formula is C22H17N3O2. The SMILES string of the molecule is O=C(N[C@@H](c1ccccc1)c1c(O)ccc2ccccc12)c1cnccn1. The van der Waals surface area contributed by atoms with Gasteiger partial charge >= 0.3 is 0 Å². The lowest BCUT2D eigenvalue weighted by Gasteiger charge is -2.22. The van der Waals surface area contributed by atoms with E-state index in [2.05, 4.69) is 15.3 Å². The average molecular weight is 355 g/mol. The van der Waals surface area contributed by atoms with E-state index in [4.69, 9.17) is 0 Å². The number of hydrogen-bond acceptors (Lipinski definition) is 4. The Morgan fingerprint density at radius 3 is 2.48 bits per heavy atom. The molecule has 1 heterocycles. The van der Waals surface area contributed by atoms with Crippen molar-refractivity contribution in [1.29, 1.82) is 0 Å². The van der Waals surface area contributed by atoms with Crippen LogP contribution in [-0.2, 0) is 0 Å². The Balaban J connectivity index is 1.85. The largest absolute Gasteiger partial charge is 0.508 e. The number of rotatable bonds is 4. The lowest BCUT2D eigenvalue weighted by molar-refractivity contribution is 0.0937. The van der Waals surface area contributed by atoms with Crippen LogP contribution >= 0.6 is 0 Å². The predicted octanol–water partition coefficient (Wildman–Crippen LogP) is 3.85. The molecule has 0 unspecified atom stereocenters. The van der Waals surface area contributed by atoms with Gasteiger partial charge in [0.15, 0.2) is 0 Å². The Kier molecular flexibility index (Phi) is 4.49. The summed E-state index contributed by atoms with van der Waals surface area (Å²) in [4.78, 5) is 20.8. The number of phenolic OH excluding ortho intramolecular Hbond substituents is 1. The zero-order valence-corrected chi connectivity index (χ0v) is 14.4. The van der Waals surface area contributed by atoms with E-state index in [-0.39, 0.29) is 17.4 Å². The summed E-state index contributed by atoms with van der Waals surface area (Å²) in [7, 11) is 0. The molecule has 0 bridgehead atoms. The molecule has 0 aliphatic carbocycles. The third kappa shape index (κ3) is 3.35. The van der Waals surface area contributed by atoms with Crippen LogP contribution in [0.4, 0.5) is 0 Å². The standard InChI is InChI=1S/C22H17N3O2/c26-19-11-10-15-6-4-5-9-17(15)20(19)21(16-7-2-1-3-8-16)25-22(27)18-14-23-12-13-24-18/h1-14,21,26H,(H,25,27)/t21-/m0/s1. The van der Waals surface area contributed by atoms with Gasteiger partial charge < -0.3 is 10.4 Å². The summed E-state index contributed by atoms with van der Waals surface area (Å²) in [6.07, 6.45) is 4.41. The van der Waals surface area contributed by atoms with Crippen molar-refractivity contribution in [2.45, 2.75) is 6.04 Å². The smallest absolute Gasteiger partial charge is 0.272 e. The number of carbonyl (C=O) groups is 1. The average Bonchev–Trinajstić information content (AvgIpc) is 2.73. The second-order valence-electron chi connectivity index (χ2n) is 6.13. The lowest BCUT2D eigenvalue weighted by atomic mass is 9.92. The van der Waals surface area contributed by atoms with Crippen molar-refractivity contribution in [3.63, 3.8) is 0 Å². The van der Waals surface area contributed by atoms with Crippen LogP contribution < -0.4 is 5.32 Å². The Hall–Kier alpha value is -3.73. The van der Waals surface area contributed by atoms with Gasteiger partial charge in [-0.2, -0.15) is 0 Å². The maximum Gasteiger partial charge on any atom is 0.272 e. The molecule has 1 amide bonds. The number of amides is 1. The molecule has 5 nitrogen and oxygen atoms in total. The lowest BCUT2D eigenvalue weighted by Crippen LogP contribution is -2.30. The topological polar surface area (TPSA) is 75.1 Å². The third-order valence-corrected chi connectivity index (χ3v) is 4.44. The molecule has 1 atom stereocenters. The Morgan fingerprint density at radius 1 is 0.926 bits per heavy atom. The fourth-order valence-electron chi connectivity index (χ4n) is 3.18. The molecule has 1 aromatic heterocycles. The van der Waals surface area contributed by atoms with Gasteiger partial charge in [0.05, 0.1) is 12.2 Å². The molecular weight excluding hydrogens is 338 g/mol. The highest BCUT2D eigenvalue weighted by Gasteiger charge is 2.23. The van der Waals surface area contributed by atoms with Crippen molar-refractivity contribution in [1.82, 2.24) is 15.3 Å². The molecule has 0 aliphatic rings. The first-order chi connectivity index (χ1) is 13.2. The van der Waals surface area contributed by atoms with E-state index in [0.29, 0.717) is 5.56 Å². The van der Waals surface area contributed by atoms with Crippen LogP contribution in [0.5, 0.6) is 5.75 Å². The zero-order valence-electron chi connectivity index (χ0n) is 14.4. The zero-order chi connectivity index (χ0) is 18.6. The van der Waals surface area contributed by atoms with E-state index >= 15 is 0 Å². The maximum atomic E-state index is 12.8. The first kappa shape index (κ1) is 16.7.